The lowest BCUT2D eigenvalue weighted by Gasteiger charge is -2.22. The molecule has 1 N–H and O–H groups in total. The molecule has 0 atom stereocenters. The van der Waals surface area contributed by atoms with Gasteiger partial charge in [-0.2, -0.15) is 0 Å². The first kappa shape index (κ1) is 14.5. The molecule has 1 aliphatic carbocycles. The molecule has 0 bridgehead atoms. The fraction of sp³-hybridized carbons (Fsp3) is 0.474. The van der Waals surface area contributed by atoms with Crippen LogP contribution in [0.25, 0.3) is 11.4 Å². The lowest BCUT2D eigenvalue weighted by atomic mass is 10.1. The Morgan fingerprint density at radius 1 is 0.870 bits per heavy atom. The first-order valence-electron chi connectivity index (χ1n) is 8.76. The van der Waals surface area contributed by atoms with E-state index in [2.05, 4.69) is 4.90 Å². The van der Waals surface area contributed by atoms with Crippen molar-refractivity contribution in [2.75, 3.05) is 18.0 Å². The van der Waals surface area contributed by atoms with Gasteiger partial charge in [0.2, 0.25) is 0 Å². The summed E-state index contributed by atoms with van der Waals surface area (Å²) in [6.45, 7) is 2.17. The Hall–Kier alpha value is -2.10. The highest BCUT2D eigenvalue weighted by Crippen LogP contribution is 2.33. The maximum atomic E-state index is 10.2. The quantitative estimate of drug-likeness (QED) is 0.859. The first-order valence-corrected chi connectivity index (χ1v) is 8.76. The summed E-state index contributed by atoms with van der Waals surface area (Å²) >= 11 is 0. The first-order chi connectivity index (χ1) is 11.3. The van der Waals surface area contributed by atoms with Crippen molar-refractivity contribution in [2.45, 2.75) is 44.9 Å². The number of hydrogen-bond donors (Lipinski definition) is 1. The van der Waals surface area contributed by atoms with Crippen molar-refractivity contribution < 1.29 is 5.11 Å². The Morgan fingerprint density at radius 3 is 2.48 bits per heavy atom. The summed E-state index contributed by atoms with van der Waals surface area (Å²) in [4.78, 5) is 12.1. The standard InChI is InChI=1S/C19H23N3O/c23-17-11-5-4-9-15(17)18-20-16-10-3-1-2-8-14(16)19(21-18)22-12-6-7-13-22/h4-5,9,11,23H,1-3,6-8,10,12-13H2. The number of aryl methyl sites for hydroxylation is 1. The van der Waals surface area contributed by atoms with Crippen LogP contribution in [0.1, 0.15) is 43.4 Å². The number of nitrogens with zero attached hydrogens (tertiary/aromatic N) is 3. The number of anilines is 1. The van der Waals surface area contributed by atoms with Crippen LogP contribution >= 0.6 is 0 Å². The van der Waals surface area contributed by atoms with Crippen LogP contribution < -0.4 is 4.90 Å². The van der Waals surface area contributed by atoms with Gasteiger partial charge in [-0.1, -0.05) is 18.6 Å². The molecular weight excluding hydrogens is 286 g/mol. The molecule has 2 aliphatic rings. The zero-order valence-electron chi connectivity index (χ0n) is 13.5. The molecule has 4 heteroatoms. The van der Waals surface area contributed by atoms with Gasteiger partial charge in [-0.15, -0.1) is 0 Å². The molecule has 0 amide bonds. The number of para-hydroxylation sites is 1. The molecule has 2 heterocycles. The molecule has 0 saturated carbocycles. The maximum Gasteiger partial charge on any atom is 0.165 e. The second-order valence-corrected chi connectivity index (χ2v) is 6.57. The Balaban J connectivity index is 1.86. The zero-order valence-corrected chi connectivity index (χ0v) is 13.5. The molecule has 0 radical (unpaired) electrons. The highest BCUT2D eigenvalue weighted by atomic mass is 16.3. The second-order valence-electron chi connectivity index (χ2n) is 6.57. The van der Waals surface area contributed by atoms with Crippen molar-refractivity contribution in [3.8, 4) is 17.1 Å². The van der Waals surface area contributed by atoms with Crippen molar-refractivity contribution in [1.82, 2.24) is 9.97 Å². The fourth-order valence-corrected chi connectivity index (χ4v) is 3.72. The van der Waals surface area contributed by atoms with E-state index in [0.717, 1.165) is 37.3 Å². The van der Waals surface area contributed by atoms with Crippen LogP contribution in [0.15, 0.2) is 24.3 Å². The van der Waals surface area contributed by atoms with Crippen LogP contribution in [-0.2, 0) is 12.8 Å². The number of hydrogen-bond acceptors (Lipinski definition) is 4. The molecule has 120 valence electrons. The minimum Gasteiger partial charge on any atom is -0.507 e. The van der Waals surface area contributed by atoms with Gasteiger partial charge >= 0.3 is 0 Å². The topological polar surface area (TPSA) is 49.3 Å². The van der Waals surface area contributed by atoms with Crippen LogP contribution in [0.3, 0.4) is 0 Å². The molecule has 0 unspecified atom stereocenters. The third-order valence-corrected chi connectivity index (χ3v) is 4.96. The summed E-state index contributed by atoms with van der Waals surface area (Å²) in [6.07, 6.45) is 8.29. The summed E-state index contributed by atoms with van der Waals surface area (Å²) < 4.78 is 0. The van der Waals surface area contributed by atoms with E-state index in [4.69, 9.17) is 9.97 Å². The van der Waals surface area contributed by atoms with Gasteiger partial charge in [-0.05, 0) is 50.7 Å². The van der Waals surface area contributed by atoms with Crippen molar-refractivity contribution in [3.63, 3.8) is 0 Å². The number of aromatic hydroxyl groups is 1. The summed E-state index contributed by atoms with van der Waals surface area (Å²) in [6, 6.07) is 7.38. The molecule has 1 saturated heterocycles. The Kier molecular flexibility index (Phi) is 3.90. The molecule has 4 nitrogen and oxygen atoms in total. The number of aromatic nitrogens is 2. The van der Waals surface area contributed by atoms with E-state index in [1.807, 2.05) is 18.2 Å². The fourth-order valence-electron chi connectivity index (χ4n) is 3.72. The Labute approximate surface area is 137 Å². The van der Waals surface area contributed by atoms with E-state index >= 15 is 0 Å². The molecule has 2 aromatic rings. The van der Waals surface area contributed by atoms with Crippen LogP contribution in [0.2, 0.25) is 0 Å². The van der Waals surface area contributed by atoms with Crippen LogP contribution in [0.4, 0.5) is 5.82 Å². The highest BCUT2D eigenvalue weighted by molar-refractivity contribution is 5.66. The third kappa shape index (κ3) is 2.78. The van der Waals surface area contributed by atoms with Gasteiger partial charge in [0.05, 0.1) is 5.56 Å². The van der Waals surface area contributed by atoms with Crippen LogP contribution in [0.5, 0.6) is 5.75 Å². The van der Waals surface area contributed by atoms with Gasteiger partial charge in [0.1, 0.15) is 11.6 Å². The second kappa shape index (κ2) is 6.19. The van der Waals surface area contributed by atoms with E-state index < -0.39 is 0 Å². The van der Waals surface area contributed by atoms with Crippen molar-refractivity contribution in [1.29, 1.82) is 0 Å². The number of phenols is 1. The predicted octanol–water partition coefficient (Wildman–Crippen LogP) is 3.72. The predicted molar refractivity (Wildman–Crippen MR) is 91.8 cm³/mol. The van der Waals surface area contributed by atoms with E-state index in [1.54, 1.807) is 6.07 Å². The summed E-state index contributed by atoms with van der Waals surface area (Å²) in [5.41, 5.74) is 3.28. The van der Waals surface area contributed by atoms with Gasteiger partial charge < -0.3 is 10.0 Å². The van der Waals surface area contributed by atoms with E-state index in [-0.39, 0.29) is 5.75 Å². The number of fused-ring (bicyclic) bond motifs is 1. The van der Waals surface area contributed by atoms with Crippen molar-refractivity contribution in [3.05, 3.63) is 35.5 Å². The lowest BCUT2D eigenvalue weighted by molar-refractivity contribution is 0.477. The van der Waals surface area contributed by atoms with Gasteiger partial charge in [-0.3, -0.25) is 0 Å². The maximum absolute atomic E-state index is 10.2. The zero-order chi connectivity index (χ0) is 15.6. The molecule has 1 aromatic carbocycles. The minimum atomic E-state index is 0.258. The number of rotatable bonds is 2. The lowest BCUT2D eigenvalue weighted by Crippen LogP contribution is -2.22. The van der Waals surface area contributed by atoms with E-state index in [1.165, 1.54) is 43.4 Å². The van der Waals surface area contributed by atoms with Gasteiger partial charge in [0, 0.05) is 24.3 Å². The van der Waals surface area contributed by atoms with Gasteiger partial charge in [0.25, 0.3) is 0 Å². The average Bonchev–Trinajstić information content (AvgIpc) is 3.00. The molecular formula is C19H23N3O. The number of phenolic OH excluding ortho intramolecular Hbond substituents is 1. The molecule has 0 spiro atoms. The Bertz CT molecular complexity index is 708. The normalized spacial score (nSPS) is 17.8. The van der Waals surface area contributed by atoms with Crippen molar-refractivity contribution >= 4 is 5.82 Å². The summed E-state index contributed by atoms with van der Waals surface area (Å²) in [5.74, 6) is 2.05. The monoisotopic (exact) mass is 309 g/mol. The van der Waals surface area contributed by atoms with Crippen LogP contribution in [-0.4, -0.2) is 28.2 Å². The minimum absolute atomic E-state index is 0.258. The SMILES string of the molecule is Oc1ccccc1-c1nc2c(c(N3CCCC3)n1)CCCCC2. The van der Waals surface area contributed by atoms with Gasteiger partial charge in [0.15, 0.2) is 5.82 Å². The van der Waals surface area contributed by atoms with Crippen LogP contribution in [0, 0.1) is 0 Å². The third-order valence-electron chi connectivity index (χ3n) is 4.96. The molecule has 23 heavy (non-hydrogen) atoms. The van der Waals surface area contributed by atoms with Gasteiger partial charge in [-0.25, -0.2) is 9.97 Å². The number of benzene rings is 1. The molecule has 1 fully saturated rings. The van der Waals surface area contributed by atoms with E-state index in [9.17, 15) is 5.11 Å². The molecule has 1 aliphatic heterocycles. The largest absolute Gasteiger partial charge is 0.507 e. The smallest absolute Gasteiger partial charge is 0.165 e. The summed E-state index contributed by atoms with van der Waals surface area (Å²) in [5, 5.41) is 10.2. The molecule has 4 rings (SSSR count). The average molecular weight is 309 g/mol. The molecule has 1 aromatic heterocycles. The van der Waals surface area contributed by atoms with E-state index in [0.29, 0.717) is 5.82 Å². The summed E-state index contributed by atoms with van der Waals surface area (Å²) in [7, 11) is 0. The van der Waals surface area contributed by atoms with Crippen molar-refractivity contribution in [2.24, 2.45) is 0 Å². The Morgan fingerprint density at radius 2 is 1.65 bits per heavy atom. The highest BCUT2D eigenvalue weighted by Gasteiger charge is 2.23.